The fourth-order valence-corrected chi connectivity index (χ4v) is 1.90. The van der Waals surface area contributed by atoms with E-state index in [2.05, 4.69) is 10.3 Å². The van der Waals surface area contributed by atoms with Crippen molar-refractivity contribution in [3.63, 3.8) is 0 Å². The molecule has 21 heavy (non-hydrogen) atoms. The van der Waals surface area contributed by atoms with Crippen molar-refractivity contribution in [2.75, 3.05) is 7.11 Å². The molecule has 0 radical (unpaired) electrons. The first-order chi connectivity index (χ1) is 10.2. The number of hydrogen-bond acceptors (Lipinski definition) is 3. The third kappa shape index (κ3) is 4.45. The van der Waals surface area contributed by atoms with Crippen LogP contribution < -0.4 is 10.1 Å². The average molecular weight is 282 g/mol. The molecule has 1 amide bonds. The van der Waals surface area contributed by atoms with E-state index in [1.54, 1.807) is 25.6 Å². The van der Waals surface area contributed by atoms with Gasteiger partial charge in [-0.2, -0.15) is 0 Å². The van der Waals surface area contributed by atoms with E-state index in [9.17, 15) is 4.79 Å². The summed E-state index contributed by atoms with van der Waals surface area (Å²) in [6.07, 6.45) is 6.70. The van der Waals surface area contributed by atoms with Gasteiger partial charge in [-0.15, -0.1) is 0 Å². The Hall–Kier alpha value is -2.62. The summed E-state index contributed by atoms with van der Waals surface area (Å²) in [6.45, 7) is 2.46. The quantitative estimate of drug-likeness (QED) is 0.858. The Morgan fingerprint density at radius 1 is 1.38 bits per heavy atom. The maximum atomic E-state index is 11.8. The van der Waals surface area contributed by atoms with Crippen molar-refractivity contribution in [1.82, 2.24) is 10.3 Å². The van der Waals surface area contributed by atoms with E-state index in [0.29, 0.717) is 6.54 Å². The lowest BCUT2D eigenvalue weighted by atomic mass is 10.1. The predicted octanol–water partition coefficient (Wildman–Crippen LogP) is 2.73. The summed E-state index contributed by atoms with van der Waals surface area (Å²) in [7, 11) is 1.62. The van der Waals surface area contributed by atoms with E-state index < -0.39 is 0 Å². The maximum Gasteiger partial charge on any atom is 0.244 e. The van der Waals surface area contributed by atoms with Crippen LogP contribution in [0.3, 0.4) is 0 Å². The molecule has 1 aromatic carbocycles. The Bertz CT molecular complexity index is 636. The normalized spacial score (nSPS) is 10.6. The molecular formula is C17H18N2O2. The second kappa shape index (κ2) is 7.24. The minimum atomic E-state index is -0.151. The van der Waals surface area contributed by atoms with E-state index in [-0.39, 0.29) is 5.91 Å². The Labute approximate surface area is 124 Å². The van der Waals surface area contributed by atoms with Crippen LogP contribution in [0.5, 0.6) is 5.75 Å². The molecule has 4 heteroatoms. The molecule has 4 nitrogen and oxygen atoms in total. The number of aromatic nitrogens is 1. The molecule has 2 aromatic rings. The topological polar surface area (TPSA) is 51.2 Å². The number of rotatable bonds is 5. The number of nitrogens with zero attached hydrogens (tertiary/aromatic N) is 1. The Kier molecular flexibility index (Phi) is 5.10. The van der Waals surface area contributed by atoms with Gasteiger partial charge >= 0.3 is 0 Å². The molecule has 0 fully saturated rings. The highest BCUT2D eigenvalue weighted by atomic mass is 16.5. The van der Waals surface area contributed by atoms with Gasteiger partial charge in [0.15, 0.2) is 0 Å². The first kappa shape index (κ1) is 14.8. The highest BCUT2D eigenvalue weighted by Crippen LogP contribution is 2.20. The molecule has 0 atom stereocenters. The van der Waals surface area contributed by atoms with E-state index >= 15 is 0 Å². The van der Waals surface area contributed by atoms with Gasteiger partial charge < -0.3 is 10.1 Å². The highest BCUT2D eigenvalue weighted by Gasteiger charge is 2.01. The minimum absolute atomic E-state index is 0.151. The molecule has 108 valence electrons. The van der Waals surface area contributed by atoms with E-state index in [4.69, 9.17) is 4.74 Å². The summed E-state index contributed by atoms with van der Waals surface area (Å²) in [6, 6.07) is 9.60. The molecule has 1 aromatic heterocycles. The number of nitrogens with one attached hydrogen (secondary N) is 1. The number of hydrogen-bond donors (Lipinski definition) is 1. The molecule has 2 rings (SSSR count). The smallest absolute Gasteiger partial charge is 0.244 e. The molecule has 0 spiro atoms. The summed E-state index contributed by atoms with van der Waals surface area (Å²) >= 11 is 0. The largest absolute Gasteiger partial charge is 0.496 e. The van der Waals surface area contributed by atoms with Gasteiger partial charge in [-0.3, -0.25) is 9.78 Å². The highest BCUT2D eigenvalue weighted by molar-refractivity contribution is 5.92. The lowest BCUT2D eigenvalue weighted by molar-refractivity contribution is -0.116. The van der Waals surface area contributed by atoms with Crippen molar-refractivity contribution in [3.05, 3.63) is 65.5 Å². The number of ether oxygens (including phenoxy) is 1. The van der Waals surface area contributed by atoms with E-state index in [0.717, 1.165) is 22.4 Å². The van der Waals surface area contributed by atoms with Gasteiger partial charge in [0, 0.05) is 30.6 Å². The summed E-state index contributed by atoms with van der Waals surface area (Å²) in [5.74, 6) is 0.597. The second-order valence-electron chi connectivity index (χ2n) is 4.66. The SMILES string of the molecule is COc1ccc(C)cc1/C=C/C(=O)NCc1cccnc1. The lowest BCUT2D eigenvalue weighted by Gasteiger charge is -2.06. The standard InChI is InChI=1S/C17H18N2O2/c1-13-5-7-16(21-2)15(10-13)6-8-17(20)19-12-14-4-3-9-18-11-14/h3-11H,12H2,1-2H3,(H,19,20)/b8-6+. The van der Waals surface area contributed by atoms with Crippen LogP contribution in [0.2, 0.25) is 0 Å². The van der Waals surface area contributed by atoms with Crippen molar-refractivity contribution in [2.45, 2.75) is 13.5 Å². The van der Waals surface area contributed by atoms with E-state index in [1.807, 2.05) is 37.3 Å². The molecule has 1 heterocycles. The summed E-state index contributed by atoms with van der Waals surface area (Å²) in [5.41, 5.74) is 2.97. The van der Waals surface area contributed by atoms with Gasteiger partial charge in [0.1, 0.15) is 5.75 Å². The van der Waals surface area contributed by atoms with Gasteiger partial charge in [-0.25, -0.2) is 0 Å². The lowest BCUT2D eigenvalue weighted by Crippen LogP contribution is -2.20. The molecule has 0 unspecified atom stereocenters. The average Bonchev–Trinajstić information content (AvgIpc) is 2.52. The van der Waals surface area contributed by atoms with Crippen molar-refractivity contribution in [2.24, 2.45) is 0 Å². The number of carbonyl (C=O) groups is 1. The van der Waals surface area contributed by atoms with Crippen molar-refractivity contribution in [3.8, 4) is 5.75 Å². The second-order valence-corrected chi connectivity index (χ2v) is 4.66. The zero-order valence-electron chi connectivity index (χ0n) is 12.2. The summed E-state index contributed by atoms with van der Waals surface area (Å²) in [5, 5.41) is 2.81. The minimum Gasteiger partial charge on any atom is -0.496 e. The molecule has 0 bridgehead atoms. The van der Waals surface area contributed by atoms with Crippen molar-refractivity contribution >= 4 is 12.0 Å². The van der Waals surface area contributed by atoms with Gasteiger partial charge in [0.2, 0.25) is 5.91 Å². The van der Waals surface area contributed by atoms with Gasteiger partial charge in [0.25, 0.3) is 0 Å². The Morgan fingerprint density at radius 3 is 2.95 bits per heavy atom. The van der Waals surface area contributed by atoms with Gasteiger partial charge in [-0.1, -0.05) is 17.7 Å². The number of carbonyl (C=O) groups excluding carboxylic acids is 1. The van der Waals surface area contributed by atoms with Crippen LogP contribution in [0, 0.1) is 6.92 Å². The zero-order valence-corrected chi connectivity index (χ0v) is 12.2. The molecule has 0 saturated carbocycles. The van der Waals surface area contributed by atoms with E-state index in [1.165, 1.54) is 6.08 Å². The number of pyridine rings is 1. The van der Waals surface area contributed by atoms with Crippen LogP contribution >= 0.6 is 0 Å². The van der Waals surface area contributed by atoms with Crippen molar-refractivity contribution < 1.29 is 9.53 Å². The first-order valence-electron chi connectivity index (χ1n) is 6.68. The maximum absolute atomic E-state index is 11.8. The summed E-state index contributed by atoms with van der Waals surface area (Å²) in [4.78, 5) is 15.8. The third-order valence-corrected chi connectivity index (χ3v) is 2.99. The zero-order chi connectivity index (χ0) is 15.1. The van der Waals surface area contributed by atoms with Gasteiger partial charge in [-0.05, 0) is 36.8 Å². The van der Waals surface area contributed by atoms with Crippen LogP contribution in [0.1, 0.15) is 16.7 Å². The predicted molar refractivity (Wildman–Crippen MR) is 82.8 cm³/mol. The molecule has 0 aliphatic rings. The van der Waals surface area contributed by atoms with Gasteiger partial charge in [0.05, 0.1) is 7.11 Å². The fourth-order valence-electron chi connectivity index (χ4n) is 1.90. The Morgan fingerprint density at radius 2 is 2.24 bits per heavy atom. The van der Waals surface area contributed by atoms with Crippen LogP contribution in [0.4, 0.5) is 0 Å². The number of methoxy groups -OCH3 is 1. The fraction of sp³-hybridized carbons (Fsp3) is 0.176. The molecule has 0 saturated heterocycles. The van der Waals surface area contributed by atoms with Crippen LogP contribution in [0.15, 0.2) is 48.8 Å². The van der Waals surface area contributed by atoms with Crippen LogP contribution in [-0.2, 0) is 11.3 Å². The summed E-state index contributed by atoms with van der Waals surface area (Å²) < 4.78 is 5.27. The number of benzene rings is 1. The number of amides is 1. The third-order valence-electron chi connectivity index (χ3n) is 2.99. The molecule has 1 N–H and O–H groups in total. The molecular weight excluding hydrogens is 264 g/mol. The monoisotopic (exact) mass is 282 g/mol. The molecule has 0 aliphatic heterocycles. The van der Waals surface area contributed by atoms with Crippen LogP contribution in [0.25, 0.3) is 6.08 Å². The van der Waals surface area contributed by atoms with Crippen molar-refractivity contribution in [1.29, 1.82) is 0 Å². The Balaban J connectivity index is 1.97. The molecule has 0 aliphatic carbocycles. The first-order valence-corrected chi connectivity index (χ1v) is 6.68. The van der Waals surface area contributed by atoms with Crippen LogP contribution in [-0.4, -0.2) is 18.0 Å². The number of aryl methyl sites for hydroxylation is 1.